The van der Waals surface area contributed by atoms with Gasteiger partial charge in [-0.15, -0.1) is 22.7 Å². The molecular weight excluding hydrogens is 420 g/mol. The molecule has 0 radical (unpaired) electrons. The SMILES string of the molecule is Cc1csc(NC(=O)CCC(=O)N(CC(=O)NC2CCCCC2)Cc2cccs2)n1. The summed E-state index contributed by atoms with van der Waals surface area (Å²) in [6, 6.07) is 4.08. The van der Waals surface area contributed by atoms with Gasteiger partial charge in [0.2, 0.25) is 17.7 Å². The molecule has 3 amide bonds. The molecule has 0 aliphatic heterocycles. The van der Waals surface area contributed by atoms with Crippen molar-refractivity contribution in [2.45, 2.75) is 64.5 Å². The van der Waals surface area contributed by atoms with Gasteiger partial charge >= 0.3 is 0 Å². The van der Waals surface area contributed by atoms with Gasteiger partial charge in [-0.3, -0.25) is 14.4 Å². The van der Waals surface area contributed by atoms with Gasteiger partial charge in [0.25, 0.3) is 0 Å². The molecule has 9 heteroatoms. The molecule has 0 unspecified atom stereocenters. The summed E-state index contributed by atoms with van der Waals surface area (Å²) in [5.41, 5.74) is 0.845. The van der Waals surface area contributed by atoms with Crippen LogP contribution in [0.2, 0.25) is 0 Å². The van der Waals surface area contributed by atoms with Crippen LogP contribution in [-0.2, 0) is 20.9 Å². The zero-order valence-corrected chi connectivity index (χ0v) is 18.8. The maximum absolute atomic E-state index is 12.8. The molecule has 1 fully saturated rings. The number of hydrogen-bond donors (Lipinski definition) is 2. The Morgan fingerprint density at radius 3 is 2.60 bits per heavy atom. The Balaban J connectivity index is 1.52. The zero-order chi connectivity index (χ0) is 21.3. The molecule has 1 aliphatic carbocycles. The Hall–Kier alpha value is -2.26. The van der Waals surface area contributed by atoms with Crippen molar-refractivity contribution in [3.05, 3.63) is 33.5 Å². The number of carbonyl (C=O) groups excluding carboxylic acids is 3. The van der Waals surface area contributed by atoms with E-state index in [1.165, 1.54) is 17.8 Å². The molecule has 162 valence electrons. The predicted octanol–water partition coefficient (Wildman–Crippen LogP) is 3.71. The number of aryl methyl sites for hydroxylation is 1. The molecule has 0 aromatic carbocycles. The molecule has 1 aliphatic rings. The number of thiophene rings is 1. The van der Waals surface area contributed by atoms with Gasteiger partial charge in [-0.1, -0.05) is 25.3 Å². The largest absolute Gasteiger partial charge is 0.352 e. The monoisotopic (exact) mass is 448 g/mol. The number of anilines is 1. The highest BCUT2D eigenvalue weighted by molar-refractivity contribution is 7.13. The van der Waals surface area contributed by atoms with Crippen molar-refractivity contribution < 1.29 is 14.4 Å². The second kappa shape index (κ2) is 11.2. The van der Waals surface area contributed by atoms with Crippen LogP contribution in [0.25, 0.3) is 0 Å². The molecule has 2 N–H and O–H groups in total. The number of rotatable bonds is 9. The average molecular weight is 449 g/mol. The van der Waals surface area contributed by atoms with Gasteiger partial charge in [-0.25, -0.2) is 4.98 Å². The average Bonchev–Trinajstić information content (AvgIpc) is 3.38. The molecule has 0 atom stereocenters. The van der Waals surface area contributed by atoms with E-state index in [4.69, 9.17) is 0 Å². The standard InChI is InChI=1S/C21H28N4O3S2/c1-15-14-30-21(22-15)24-18(26)9-10-20(28)25(12-17-8-5-11-29-17)13-19(27)23-16-6-3-2-4-7-16/h5,8,11,14,16H,2-4,6-7,9-10,12-13H2,1H3,(H,23,27)(H,22,24,26). The normalized spacial score (nSPS) is 14.3. The fourth-order valence-corrected chi connectivity index (χ4v) is 4.91. The summed E-state index contributed by atoms with van der Waals surface area (Å²) >= 11 is 2.90. The first kappa shape index (κ1) is 22.4. The lowest BCUT2D eigenvalue weighted by molar-refractivity contribution is -0.137. The summed E-state index contributed by atoms with van der Waals surface area (Å²) in [5, 5.41) is 10.1. The van der Waals surface area contributed by atoms with Gasteiger partial charge < -0.3 is 15.5 Å². The third kappa shape index (κ3) is 7.21. The summed E-state index contributed by atoms with van der Waals surface area (Å²) in [6.07, 6.45) is 5.61. The highest BCUT2D eigenvalue weighted by Gasteiger charge is 2.22. The van der Waals surface area contributed by atoms with Gasteiger partial charge in [0.05, 0.1) is 18.8 Å². The summed E-state index contributed by atoms with van der Waals surface area (Å²) in [6.45, 7) is 2.25. The van der Waals surface area contributed by atoms with E-state index in [1.807, 2.05) is 29.8 Å². The summed E-state index contributed by atoms with van der Waals surface area (Å²) in [4.78, 5) is 44.3. The smallest absolute Gasteiger partial charge is 0.239 e. The van der Waals surface area contributed by atoms with Gasteiger partial charge in [-0.05, 0) is 31.2 Å². The van der Waals surface area contributed by atoms with E-state index < -0.39 is 0 Å². The Morgan fingerprint density at radius 2 is 1.93 bits per heavy atom. The van der Waals surface area contributed by atoms with Crippen LogP contribution < -0.4 is 10.6 Å². The Labute approximate surface area is 184 Å². The molecule has 0 spiro atoms. The summed E-state index contributed by atoms with van der Waals surface area (Å²) < 4.78 is 0. The fourth-order valence-electron chi connectivity index (χ4n) is 3.49. The minimum Gasteiger partial charge on any atom is -0.352 e. The van der Waals surface area contributed by atoms with Crippen LogP contribution in [0.15, 0.2) is 22.9 Å². The minimum absolute atomic E-state index is 0.0144. The van der Waals surface area contributed by atoms with E-state index in [0.717, 1.165) is 36.3 Å². The van der Waals surface area contributed by atoms with Gasteiger partial charge in [-0.2, -0.15) is 0 Å². The predicted molar refractivity (Wildman–Crippen MR) is 119 cm³/mol. The van der Waals surface area contributed by atoms with E-state index in [2.05, 4.69) is 15.6 Å². The van der Waals surface area contributed by atoms with Crippen LogP contribution in [0.4, 0.5) is 5.13 Å². The molecule has 7 nitrogen and oxygen atoms in total. The first-order valence-electron chi connectivity index (χ1n) is 10.3. The van der Waals surface area contributed by atoms with E-state index in [-0.39, 0.29) is 43.1 Å². The van der Waals surface area contributed by atoms with E-state index >= 15 is 0 Å². The molecule has 30 heavy (non-hydrogen) atoms. The molecule has 2 heterocycles. The fraction of sp³-hybridized carbons (Fsp3) is 0.524. The molecule has 3 rings (SSSR count). The Kier molecular flexibility index (Phi) is 8.39. The van der Waals surface area contributed by atoms with Crippen molar-refractivity contribution in [2.24, 2.45) is 0 Å². The van der Waals surface area contributed by atoms with E-state index in [1.54, 1.807) is 16.2 Å². The number of aromatic nitrogens is 1. The van der Waals surface area contributed by atoms with Crippen LogP contribution in [0, 0.1) is 6.92 Å². The highest BCUT2D eigenvalue weighted by atomic mass is 32.1. The lowest BCUT2D eigenvalue weighted by Gasteiger charge is -2.26. The Bertz CT molecular complexity index is 844. The van der Waals surface area contributed by atoms with Gasteiger partial charge in [0.15, 0.2) is 5.13 Å². The second-order valence-corrected chi connectivity index (χ2v) is 9.46. The van der Waals surface area contributed by atoms with Crippen LogP contribution in [0.1, 0.15) is 55.5 Å². The molecule has 2 aromatic rings. The van der Waals surface area contributed by atoms with E-state index in [0.29, 0.717) is 11.7 Å². The number of nitrogens with one attached hydrogen (secondary N) is 2. The third-order valence-corrected chi connectivity index (χ3v) is 6.75. The minimum atomic E-state index is -0.250. The molecule has 1 saturated carbocycles. The number of amides is 3. The summed E-state index contributed by atoms with van der Waals surface area (Å²) in [7, 11) is 0. The van der Waals surface area contributed by atoms with Crippen LogP contribution in [0.5, 0.6) is 0 Å². The van der Waals surface area contributed by atoms with Crippen molar-refractivity contribution in [3.8, 4) is 0 Å². The van der Waals surface area contributed by atoms with Crippen molar-refractivity contribution in [1.82, 2.24) is 15.2 Å². The number of hydrogen-bond acceptors (Lipinski definition) is 6. The maximum Gasteiger partial charge on any atom is 0.239 e. The first-order chi connectivity index (χ1) is 14.5. The topological polar surface area (TPSA) is 91.4 Å². The van der Waals surface area contributed by atoms with Crippen molar-refractivity contribution >= 4 is 45.5 Å². The number of nitrogens with zero attached hydrogens (tertiary/aromatic N) is 2. The van der Waals surface area contributed by atoms with Crippen molar-refractivity contribution in [3.63, 3.8) is 0 Å². The van der Waals surface area contributed by atoms with Gasteiger partial charge in [0, 0.05) is 29.1 Å². The van der Waals surface area contributed by atoms with Crippen LogP contribution >= 0.6 is 22.7 Å². The first-order valence-corrected chi connectivity index (χ1v) is 12.1. The third-order valence-electron chi connectivity index (χ3n) is 5.02. The number of carbonyl (C=O) groups is 3. The Morgan fingerprint density at radius 1 is 1.13 bits per heavy atom. The summed E-state index contributed by atoms with van der Waals surface area (Å²) in [5.74, 6) is -0.581. The molecule has 2 aromatic heterocycles. The second-order valence-electron chi connectivity index (χ2n) is 7.57. The van der Waals surface area contributed by atoms with Crippen LogP contribution in [-0.4, -0.2) is 40.2 Å². The maximum atomic E-state index is 12.8. The quantitative estimate of drug-likeness (QED) is 0.612. The van der Waals surface area contributed by atoms with Crippen LogP contribution in [0.3, 0.4) is 0 Å². The lowest BCUT2D eigenvalue weighted by atomic mass is 9.95. The van der Waals surface area contributed by atoms with Gasteiger partial charge in [0.1, 0.15) is 0 Å². The zero-order valence-electron chi connectivity index (χ0n) is 17.2. The lowest BCUT2D eigenvalue weighted by Crippen LogP contribution is -2.44. The number of thiazole rings is 1. The molecule has 0 saturated heterocycles. The molecule has 0 bridgehead atoms. The highest BCUT2D eigenvalue weighted by Crippen LogP contribution is 2.18. The van der Waals surface area contributed by atoms with Crippen molar-refractivity contribution in [1.29, 1.82) is 0 Å². The van der Waals surface area contributed by atoms with Crippen molar-refractivity contribution in [2.75, 3.05) is 11.9 Å². The van der Waals surface area contributed by atoms with E-state index in [9.17, 15) is 14.4 Å². The molecular formula is C21H28N4O3S2.